The summed E-state index contributed by atoms with van der Waals surface area (Å²) in [6, 6.07) is 12.0. The lowest BCUT2D eigenvalue weighted by atomic mass is 10.1. The summed E-state index contributed by atoms with van der Waals surface area (Å²) in [5, 5.41) is 9.28. The fraction of sp³-hybridized carbons (Fsp3) is 0.125. The lowest BCUT2D eigenvalue weighted by Crippen LogP contribution is -2.29. The molecule has 1 heterocycles. The Morgan fingerprint density at radius 3 is 2.45 bits per heavy atom. The second-order valence-corrected chi connectivity index (χ2v) is 4.86. The number of rotatable bonds is 2. The van der Waals surface area contributed by atoms with Crippen LogP contribution in [-0.2, 0) is 11.3 Å². The van der Waals surface area contributed by atoms with Crippen molar-refractivity contribution in [3.8, 4) is 5.75 Å². The van der Waals surface area contributed by atoms with E-state index in [4.69, 9.17) is 0 Å². The maximum Gasteiger partial charge on any atom is 0.299 e. The number of phenolic OH excluding ortho intramolecular Hbond substituents is 1. The van der Waals surface area contributed by atoms with Crippen LogP contribution in [0.5, 0.6) is 5.75 Å². The SMILES string of the molecule is Cc1cccc2c1N(Cc1ccc(O)cc1)C(=O)C2=O. The van der Waals surface area contributed by atoms with Crippen molar-refractivity contribution in [2.75, 3.05) is 4.90 Å². The number of benzene rings is 2. The number of aromatic hydroxyl groups is 1. The summed E-state index contributed by atoms with van der Waals surface area (Å²) >= 11 is 0. The first-order valence-electron chi connectivity index (χ1n) is 6.31. The van der Waals surface area contributed by atoms with Gasteiger partial charge in [-0.05, 0) is 36.2 Å². The van der Waals surface area contributed by atoms with Crippen molar-refractivity contribution >= 4 is 17.4 Å². The number of fused-ring (bicyclic) bond motifs is 1. The first-order valence-corrected chi connectivity index (χ1v) is 6.31. The van der Waals surface area contributed by atoms with E-state index >= 15 is 0 Å². The smallest absolute Gasteiger partial charge is 0.299 e. The van der Waals surface area contributed by atoms with Gasteiger partial charge in [0.1, 0.15) is 5.75 Å². The highest BCUT2D eigenvalue weighted by atomic mass is 16.3. The normalized spacial score (nSPS) is 13.8. The summed E-state index contributed by atoms with van der Waals surface area (Å²) in [7, 11) is 0. The lowest BCUT2D eigenvalue weighted by Gasteiger charge is -2.18. The van der Waals surface area contributed by atoms with E-state index in [0.717, 1.165) is 11.1 Å². The van der Waals surface area contributed by atoms with E-state index in [1.54, 1.807) is 36.4 Å². The largest absolute Gasteiger partial charge is 0.508 e. The molecule has 1 aliphatic rings. The Morgan fingerprint density at radius 2 is 1.75 bits per heavy atom. The number of anilines is 1. The van der Waals surface area contributed by atoms with Gasteiger partial charge in [-0.1, -0.05) is 24.3 Å². The third-order valence-corrected chi connectivity index (χ3v) is 3.47. The molecule has 1 amide bonds. The third-order valence-electron chi connectivity index (χ3n) is 3.47. The fourth-order valence-electron chi connectivity index (χ4n) is 2.47. The quantitative estimate of drug-likeness (QED) is 0.850. The summed E-state index contributed by atoms with van der Waals surface area (Å²) in [6.07, 6.45) is 0. The molecule has 1 aliphatic heterocycles. The molecule has 0 unspecified atom stereocenters. The molecule has 4 heteroatoms. The van der Waals surface area contributed by atoms with Crippen LogP contribution in [-0.4, -0.2) is 16.8 Å². The number of aryl methyl sites for hydroxylation is 1. The topological polar surface area (TPSA) is 57.6 Å². The second-order valence-electron chi connectivity index (χ2n) is 4.86. The third kappa shape index (κ3) is 1.86. The van der Waals surface area contributed by atoms with Crippen molar-refractivity contribution in [1.82, 2.24) is 0 Å². The Hall–Kier alpha value is -2.62. The van der Waals surface area contributed by atoms with E-state index in [2.05, 4.69) is 0 Å². The molecule has 0 saturated heterocycles. The minimum absolute atomic E-state index is 0.175. The van der Waals surface area contributed by atoms with E-state index in [-0.39, 0.29) is 5.75 Å². The maximum absolute atomic E-state index is 12.1. The summed E-state index contributed by atoms with van der Waals surface area (Å²) in [5.74, 6) is -0.779. The van der Waals surface area contributed by atoms with Crippen LogP contribution < -0.4 is 4.90 Å². The van der Waals surface area contributed by atoms with E-state index in [0.29, 0.717) is 17.8 Å². The van der Waals surface area contributed by atoms with Gasteiger partial charge < -0.3 is 10.0 Å². The van der Waals surface area contributed by atoms with Crippen molar-refractivity contribution in [3.05, 3.63) is 59.2 Å². The van der Waals surface area contributed by atoms with Crippen molar-refractivity contribution in [1.29, 1.82) is 0 Å². The Labute approximate surface area is 116 Å². The standard InChI is InChI=1S/C16H13NO3/c1-10-3-2-4-13-14(10)17(16(20)15(13)19)9-11-5-7-12(18)8-6-11/h2-8,18H,9H2,1H3. The van der Waals surface area contributed by atoms with Gasteiger partial charge in [0.15, 0.2) is 0 Å². The number of phenols is 1. The number of carbonyl (C=O) groups excluding carboxylic acids is 2. The molecule has 0 aliphatic carbocycles. The van der Waals surface area contributed by atoms with Gasteiger partial charge in [0, 0.05) is 0 Å². The molecule has 2 aromatic rings. The van der Waals surface area contributed by atoms with E-state index in [1.165, 1.54) is 4.90 Å². The minimum Gasteiger partial charge on any atom is -0.508 e. The van der Waals surface area contributed by atoms with Crippen LogP contribution in [0.1, 0.15) is 21.5 Å². The monoisotopic (exact) mass is 267 g/mol. The van der Waals surface area contributed by atoms with Gasteiger partial charge in [-0.3, -0.25) is 9.59 Å². The van der Waals surface area contributed by atoms with E-state index < -0.39 is 11.7 Å². The molecule has 0 bridgehead atoms. The molecule has 4 nitrogen and oxygen atoms in total. The van der Waals surface area contributed by atoms with E-state index in [1.807, 2.05) is 13.0 Å². The van der Waals surface area contributed by atoms with Crippen molar-refractivity contribution in [2.45, 2.75) is 13.5 Å². The molecule has 0 saturated carbocycles. The van der Waals surface area contributed by atoms with Crippen molar-refractivity contribution in [2.24, 2.45) is 0 Å². The first-order chi connectivity index (χ1) is 9.58. The van der Waals surface area contributed by atoms with Gasteiger partial charge in [0.25, 0.3) is 11.7 Å². The van der Waals surface area contributed by atoms with Gasteiger partial charge in [0.2, 0.25) is 0 Å². The van der Waals surface area contributed by atoms with Gasteiger partial charge in [0.05, 0.1) is 17.8 Å². The van der Waals surface area contributed by atoms with Crippen molar-refractivity contribution in [3.63, 3.8) is 0 Å². The second kappa shape index (κ2) is 4.49. The average molecular weight is 267 g/mol. The van der Waals surface area contributed by atoms with Gasteiger partial charge >= 0.3 is 0 Å². The summed E-state index contributed by atoms with van der Waals surface area (Å²) in [4.78, 5) is 25.6. The summed E-state index contributed by atoms with van der Waals surface area (Å²) in [6.45, 7) is 2.21. The first kappa shape index (κ1) is 12.4. The van der Waals surface area contributed by atoms with Crippen molar-refractivity contribution < 1.29 is 14.7 Å². The van der Waals surface area contributed by atoms with Crippen LogP contribution in [0.4, 0.5) is 5.69 Å². The van der Waals surface area contributed by atoms with Crippen LogP contribution in [0, 0.1) is 6.92 Å². The molecule has 0 spiro atoms. The molecule has 2 aromatic carbocycles. The highest BCUT2D eigenvalue weighted by molar-refractivity contribution is 6.52. The Kier molecular flexibility index (Phi) is 2.79. The van der Waals surface area contributed by atoms with Crippen LogP contribution in [0.15, 0.2) is 42.5 Å². The van der Waals surface area contributed by atoms with Crippen LogP contribution in [0.25, 0.3) is 0 Å². The van der Waals surface area contributed by atoms with E-state index in [9.17, 15) is 14.7 Å². The Balaban J connectivity index is 2.01. The van der Waals surface area contributed by atoms with Crippen LogP contribution >= 0.6 is 0 Å². The molecule has 20 heavy (non-hydrogen) atoms. The number of Topliss-reactive ketones (excluding diaryl/α,β-unsaturated/α-hetero) is 1. The average Bonchev–Trinajstić information content (AvgIpc) is 2.68. The zero-order valence-corrected chi connectivity index (χ0v) is 11.0. The molecule has 0 atom stereocenters. The molecule has 1 N–H and O–H groups in total. The highest BCUT2D eigenvalue weighted by Gasteiger charge is 2.36. The number of amides is 1. The number of nitrogens with zero attached hydrogens (tertiary/aromatic N) is 1. The molecule has 3 rings (SSSR count). The fourth-order valence-corrected chi connectivity index (χ4v) is 2.47. The summed E-state index contributed by atoms with van der Waals surface area (Å²) < 4.78 is 0. The molecule has 100 valence electrons. The Morgan fingerprint density at radius 1 is 1.05 bits per heavy atom. The number of carbonyl (C=O) groups is 2. The predicted molar refractivity (Wildman–Crippen MR) is 74.8 cm³/mol. The highest BCUT2D eigenvalue weighted by Crippen LogP contribution is 2.33. The van der Waals surface area contributed by atoms with Gasteiger partial charge in [-0.25, -0.2) is 0 Å². The maximum atomic E-state index is 12.1. The molecule has 0 fully saturated rings. The van der Waals surface area contributed by atoms with Crippen LogP contribution in [0.2, 0.25) is 0 Å². The minimum atomic E-state index is -0.498. The summed E-state index contributed by atoms with van der Waals surface area (Å²) in [5.41, 5.74) is 2.92. The number of hydrogen-bond acceptors (Lipinski definition) is 3. The number of ketones is 1. The molecular weight excluding hydrogens is 254 g/mol. The number of hydrogen-bond donors (Lipinski definition) is 1. The molecular formula is C16H13NO3. The lowest BCUT2D eigenvalue weighted by molar-refractivity contribution is -0.114. The van der Waals surface area contributed by atoms with Gasteiger partial charge in [-0.15, -0.1) is 0 Å². The predicted octanol–water partition coefficient (Wildman–Crippen LogP) is 2.43. The molecule has 0 radical (unpaired) electrons. The van der Waals surface area contributed by atoms with Crippen LogP contribution in [0.3, 0.4) is 0 Å². The van der Waals surface area contributed by atoms with Gasteiger partial charge in [-0.2, -0.15) is 0 Å². The zero-order chi connectivity index (χ0) is 14.3. The zero-order valence-electron chi connectivity index (χ0n) is 11.0. The number of para-hydroxylation sites is 1. The Bertz CT molecular complexity index is 704. The molecule has 0 aromatic heterocycles.